The largest absolute Gasteiger partial charge is 0.481 e. The van der Waals surface area contributed by atoms with E-state index >= 15 is 0 Å². The van der Waals surface area contributed by atoms with Crippen LogP contribution in [0.4, 0.5) is 11.5 Å². The summed E-state index contributed by atoms with van der Waals surface area (Å²) in [6.45, 7) is 0. The maximum Gasteiger partial charge on any atom is 0.295 e. The number of nitro groups is 1. The lowest BCUT2D eigenvalue weighted by Gasteiger charge is -2.04. The van der Waals surface area contributed by atoms with Crippen molar-refractivity contribution >= 4 is 11.5 Å². The summed E-state index contributed by atoms with van der Waals surface area (Å²) in [6.07, 6.45) is 1.49. The van der Waals surface area contributed by atoms with Crippen molar-refractivity contribution in [2.24, 2.45) is 0 Å². The first-order valence-electron chi connectivity index (χ1n) is 5.03. The minimum absolute atomic E-state index is 0.113. The van der Waals surface area contributed by atoms with Crippen LogP contribution in [0.2, 0.25) is 0 Å². The van der Waals surface area contributed by atoms with Crippen molar-refractivity contribution in [3.8, 4) is 17.1 Å². The highest BCUT2D eigenvalue weighted by Gasteiger charge is 2.17. The highest BCUT2D eigenvalue weighted by atomic mass is 16.6. The Morgan fingerprint density at radius 1 is 1.39 bits per heavy atom. The number of hydrogen-bond donors (Lipinski definition) is 1. The zero-order valence-electron chi connectivity index (χ0n) is 9.53. The third-order valence-corrected chi connectivity index (χ3v) is 2.31. The van der Waals surface area contributed by atoms with Crippen LogP contribution in [-0.2, 0) is 0 Å². The molecule has 0 bridgehead atoms. The molecular weight excluding hydrogens is 236 g/mol. The molecule has 7 nitrogen and oxygen atoms in total. The van der Waals surface area contributed by atoms with Crippen LogP contribution in [0.1, 0.15) is 0 Å². The fraction of sp³-hybridized carbons (Fsp3) is 0.0909. The van der Waals surface area contributed by atoms with Crippen molar-refractivity contribution in [2.45, 2.75) is 0 Å². The molecule has 0 atom stereocenters. The van der Waals surface area contributed by atoms with E-state index in [2.05, 4.69) is 9.97 Å². The molecule has 7 heteroatoms. The number of anilines is 1. The van der Waals surface area contributed by atoms with Crippen LogP contribution in [0, 0.1) is 10.1 Å². The van der Waals surface area contributed by atoms with Crippen LogP contribution >= 0.6 is 0 Å². The van der Waals surface area contributed by atoms with Crippen molar-refractivity contribution in [3.05, 3.63) is 40.6 Å². The zero-order chi connectivity index (χ0) is 13.1. The summed E-state index contributed by atoms with van der Waals surface area (Å²) in [5.41, 5.74) is 6.17. The number of hydrogen-bond acceptors (Lipinski definition) is 6. The number of rotatable bonds is 3. The van der Waals surface area contributed by atoms with Gasteiger partial charge in [-0.25, -0.2) is 9.97 Å². The summed E-state index contributed by atoms with van der Waals surface area (Å²) in [7, 11) is 1.47. The molecule has 2 aromatic rings. The van der Waals surface area contributed by atoms with Crippen LogP contribution in [0.3, 0.4) is 0 Å². The number of pyridine rings is 2. The maximum atomic E-state index is 10.9. The minimum atomic E-state index is -0.505. The van der Waals surface area contributed by atoms with Gasteiger partial charge in [0.2, 0.25) is 5.88 Å². The van der Waals surface area contributed by atoms with Crippen molar-refractivity contribution < 1.29 is 9.66 Å². The topological polar surface area (TPSA) is 104 Å². The molecule has 2 rings (SSSR count). The first-order valence-corrected chi connectivity index (χ1v) is 5.03. The van der Waals surface area contributed by atoms with Gasteiger partial charge in [0.1, 0.15) is 5.82 Å². The molecule has 0 radical (unpaired) electrons. The first kappa shape index (κ1) is 11.8. The molecule has 0 saturated heterocycles. The summed E-state index contributed by atoms with van der Waals surface area (Å²) in [5.74, 6) is 0.567. The van der Waals surface area contributed by atoms with Crippen LogP contribution in [0.25, 0.3) is 11.3 Å². The Morgan fingerprint density at radius 3 is 2.83 bits per heavy atom. The van der Waals surface area contributed by atoms with Crippen LogP contribution < -0.4 is 10.5 Å². The van der Waals surface area contributed by atoms with E-state index in [-0.39, 0.29) is 17.2 Å². The van der Waals surface area contributed by atoms with Crippen molar-refractivity contribution in [1.29, 1.82) is 0 Å². The van der Waals surface area contributed by atoms with Crippen LogP contribution in [-0.4, -0.2) is 22.0 Å². The predicted octanol–water partition coefficient (Wildman–Crippen LogP) is 1.64. The molecule has 2 N–H and O–H groups in total. The van der Waals surface area contributed by atoms with E-state index in [0.717, 1.165) is 0 Å². The van der Waals surface area contributed by atoms with Gasteiger partial charge in [-0.1, -0.05) is 0 Å². The second-order valence-corrected chi connectivity index (χ2v) is 3.45. The van der Waals surface area contributed by atoms with E-state index in [0.29, 0.717) is 11.4 Å². The highest BCUT2D eigenvalue weighted by molar-refractivity contribution is 5.71. The SMILES string of the molecule is COc1cc(-c2nc(N)ccc2[N+](=O)[O-])ccn1. The molecule has 0 saturated carbocycles. The second kappa shape index (κ2) is 4.66. The van der Waals surface area contributed by atoms with Crippen LogP contribution in [0.15, 0.2) is 30.5 Å². The zero-order valence-corrected chi connectivity index (χ0v) is 9.53. The molecule has 2 heterocycles. The molecule has 0 fully saturated rings. The smallest absolute Gasteiger partial charge is 0.295 e. The van der Waals surface area contributed by atoms with Gasteiger partial charge in [0.25, 0.3) is 5.69 Å². The minimum Gasteiger partial charge on any atom is -0.481 e. The fourth-order valence-corrected chi connectivity index (χ4v) is 1.50. The summed E-state index contributed by atoms with van der Waals surface area (Å²) in [5, 5.41) is 10.9. The van der Waals surface area contributed by atoms with E-state index in [1.54, 1.807) is 12.1 Å². The van der Waals surface area contributed by atoms with Gasteiger partial charge in [-0.05, 0) is 12.1 Å². The van der Waals surface area contributed by atoms with Crippen molar-refractivity contribution in [2.75, 3.05) is 12.8 Å². The third kappa shape index (κ3) is 2.19. The molecule has 0 aromatic carbocycles. The Morgan fingerprint density at radius 2 is 2.17 bits per heavy atom. The number of aromatic nitrogens is 2. The molecule has 0 aliphatic heterocycles. The number of ether oxygens (including phenoxy) is 1. The third-order valence-electron chi connectivity index (χ3n) is 2.31. The van der Waals surface area contributed by atoms with Gasteiger partial charge in [0.05, 0.1) is 12.0 Å². The predicted molar refractivity (Wildman–Crippen MR) is 65.1 cm³/mol. The Kier molecular flexibility index (Phi) is 3.05. The highest BCUT2D eigenvalue weighted by Crippen LogP contribution is 2.29. The summed E-state index contributed by atoms with van der Waals surface area (Å²) in [4.78, 5) is 18.4. The Balaban J connectivity index is 2.61. The monoisotopic (exact) mass is 246 g/mol. The van der Waals surface area contributed by atoms with Gasteiger partial charge in [-0.15, -0.1) is 0 Å². The second-order valence-electron chi connectivity index (χ2n) is 3.45. The van der Waals surface area contributed by atoms with Crippen molar-refractivity contribution in [3.63, 3.8) is 0 Å². The van der Waals surface area contributed by atoms with E-state index in [1.807, 2.05) is 0 Å². The summed E-state index contributed by atoms with van der Waals surface area (Å²) in [6, 6.07) is 5.89. The molecule has 0 aliphatic rings. The van der Waals surface area contributed by atoms with E-state index < -0.39 is 4.92 Å². The maximum absolute atomic E-state index is 10.9. The summed E-state index contributed by atoms with van der Waals surface area (Å²) < 4.78 is 4.97. The van der Waals surface area contributed by atoms with Crippen molar-refractivity contribution in [1.82, 2.24) is 9.97 Å². The van der Waals surface area contributed by atoms with Gasteiger partial charge < -0.3 is 10.5 Å². The number of nitrogen functional groups attached to an aromatic ring is 1. The average Bonchev–Trinajstić information content (AvgIpc) is 2.38. The lowest BCUT2D eigenvalue weighted by molar-refractivity contribution is -0.384. The fourth-order valence-electron chi connectivity index (χ4n) is 1.50. The lowest BCUT2D eigenvalue weighted by atomic mass is 10.1. The molecule has 0 spiro atoms. The van der Waals surface area contributed by atoms with Gasteiger partial charge in [0.15, 0.2) is 5.69 Å². The Bertz CT molecular complexity index is 601. The van der Waals surface area contributed by atoms with Gasteiger partial charge in [-0.2, -0.15) is 0 Å². The first-order chi connectivity index (χ1) is 8.61. The molecule has 18 heavy (non-hydrogen) atoms. The quantitative estimate of drug-likeness (QED) is 0.652. The van der Waals surface area contributed by atoms with E-state index in [4.69, 9.17) is 10.5 Å². The van der Waals surface area contributed by atoms with Gasteiger partial charge >= 0.3 is 0 Å². The Labute approximate surface area is 102 Å². The molecule has 2 aromatic heterocycles. The number of nitrogens with two attached hydrogens (primary N) is 1. The molecular formula is C11H10N4O3. The summed E-state index contributed by atoms with van der Waals surface area (Å²) >= 11 is 0. The normalized spacial score (nSPS) is 10.1. The molecule has 0 aliphatic carbocycles. The molecule has 0 amide bonds. The average molecular weight is 246 g/mol. The molecule has 92 valence electrons. The van der Waals surface area contributed by atoms with Gasteiger partial charge in [-0.3, -0.25) is 10.1 Å². The lowest BCUT2D eigenvalue weighted by Crippen LogP contribution is -1.98. The van der Waals surface area contributed by atoms with Crippen LogP contribution in [0.5, 0.6) is 5.88 Å². The van der Waals surface area contributed by atoms with Gasteiger partial charge in [0, 0.05) is 23.9 Å². The number of methoxy groups -OCH3 is 1. The number of nitrogens with zero attached hydrogens (tertiary/aromatic N) is 3. The standard InChI is InChI=1S/C11H10N4O3/c1-18-10-6-7(4-5-13-10)11-8(15(16)17)2-3-9(12)14-11/h2-6H,1H3,(H2,12,14). The molecule has 0 unspecified atom stereocenters. The van der Waals surface area contributed by atoms with E-state index in [9.17, 15) is 10.1 Å². The Hall–Kier alpha value is -2.70. The van der Waals surface area contributed by atoms with E-state index in [1.165, 1.54) is 25.4 Å².